The van der Waals surface area contributed by atoms with Gasteiger partial charge in [-0.1, -0.05) is 18.2 Å². The van der Waals surface area contributed by atoms with Crippen molar-refractivity contribution in [2.24, 2.45) is 0 Å². The molecule has 0 spiro atoms. The fourth-order valence-electron chi connectivity index (χ4n) is 4.04. The lowest BCUT2D eigenvalue weighted by Gasteiger charge is -2.13. The Balaban J connectivity index is 1.54. The van der Waals surface area contributed by atoms with E-state index in [1.54, 1.807) is 30.6 Å². The third-order valence-electron chi connectivity index (χ3n) is 5.88. The van der Waals surface area contributed by atoms with Crippen LogP contribution in [0.5, 0.6) is 17.2 Å². The normalized spacial score (nSPS) is 11.0. The number of rotatable bonds is 10. The van der Waals surface area contributed by atoms with Gasteiger partial charge in [-0.2, -0.15) is 5.10 Å². The number of methoxy groups -OCH3 is 2. The number of nitrogens with zero attached hydrogens (tertiary/aromatic N) is 5. The lowest BCUT2D eigenvalue weighted by molar-refractivity contribution is 0.200. The van der Waals surface area contributed by atoms with Gasteiger partial charge in [-0.05, 0) is 12.1 Å². The van der Waals surface area contributed by atoms with Gasteiger partial charge in [0, 0.05) is 29.3 Å². The number of anilines is 2. The van der Waals surface area contributed by atoms with Crippen LogP contribution in [0.2, 0.25) is 0 Å². The number of aliphatic hydroxyl groups excluding tert-OH is 1. The number of halogens is 2. The molecule has 10 nitrogen and oxygen atoms in total. The molecule has 2 aromatic carbocycles. The molecule has 200 valence electrons. The zero-order valence-corrected chi connectivity index (χ0v) is 21.1. The summed E-state index contributed by atoms with van der Waals surface area (Å²) in [6.07, 6.45) is 4.68. The number of hydrogen-bond acceptors (Lipinski definition) is 9. The fraction of sp³-hybridized carbons (Fsp3) is 0.185. The number of para-hydroxylation sites is 1. The molecule has 5 rings (SSSR count). The van der Waals surface area contributed by atoms with Crippen LogP contribution in [0.3, 0.4) is 0 Å². The van der Waals surface area contributed by atoms with Gasteiger partial charge in [0.2, 0.25) is 0 Å². The highest BCUT2D eigenvalue weighted by atomic mass is 19.1. The SMILES string of the molecule is COc1cnccc1Nc1nc(-c2nn(Cc3c(F)cc(OCCO)cc3F)c3ccccc23)ncc1OC. The van der Waals surface area contributed by atoms with Gasteiger partial charge in [-0.25, -0.2) is 18.7 Å². The van der Waals surface area contributed by atoms with Gasteiger partial charge in [0.25, 0.3) is 0 Å². The maximum Gasteiger partial charge on any atom is 0.183 e. The number of benzene rings is 2. The summed E-state index contributed by atoms with van der Waals surface area (Å²) < 4.78 is 47.2. The minimum Gasteiger partial charge on any atom is -0.493 e. The Morgan fingerprint density at radius 2 is 1.77 bits per heavy atom. The molecule has 0 saturated carbocycles. The summed E-state index contributed by atoms with van der Waals surface area (Å²) in [6, 6.07) is 11.2. The zero-order valence-electron chi connectivity index (χ0n) is 21.1. The van der Waals surface area contributed by atoms with Crippen molar-refractivity contribution in [1.82, 2.24) is 24.7 Å². The third kappa shape index (κ3) is 5.27. The van der Waals surface area contributed by atoms with E-state index in [1.165, 1.54) is 25.1 Å². The Morgan fingerprint density at radius 1 is 1.00 bits per heavy atom. The van der Waals surface area contributed by atoms with Crippen LogP contribution in [0.15, 0.2) is 61.1 Å². The number of nitrogens with one attached hydrogen (secondary N) is 1. The average Bonchev–Trinajstić information content (AvgIpc) is 3.32. The second kappa shape index (κ2) is 11.3. The number of aromatic nitrogens is 5. The van der Waals surface area contributed by atoms with Crippen molar-refractivity contribution in [1.29, 1.82) is 0 Å². The molecule has 2 N–H and O–H groups in total. The fourth-order valence-corrected chi connectivity index (χ4v) is 4.04. The molecule has 0 fully saturated rings. The smallest absolute Gasteiger partial charge is 0.183 e. The molecule has 0 aliphatic carbocycles. The highest BCUT2D eigenvalue weighted by Crippen LogP contribution is 2.33. The first-order valence-electron chi connectivity index (χ1n) is 11.9. The second-order valence-electron chi connectivity index (χ2n) is 8.27. The molecule has 0 aliphatic rings. The van der Waals surface area contributed by atoms with Gasteiger partial charge in [0.05, 0.1) is 51.0 Å². The first kappa shape index (κ1) is 25.8. The van der Waals surface area contributed by atoms with E-state index < -0.39 is 11.6 Å². The molecule has 0 unspecified atom stereocenters. The van der Waals surface area contributed by atoms with E-state index in [0.717, 1.165) is 12.1 Å². The summed E-state index contributed by atoms with van der Waals surface area (Å²) in [4.78, 5) is 13.1. The van der Waals surface area contributed by atoms with Crippen molar-refractivity contribution in [2.75, 3.05) is 32.8 Å². The van der Waals surface area contributed by atoms with E-state index in [4.69, 9.17) is 19.3 Å². The van der Waals surface area contributed by atoms with Crippen LogP contribution < -0.4 is 19.5 Å². The molecule has 0 aliphatic heterocycles. The lowest BCUT2D eigenvalue weighted by atomic mass is 10.1. The summed E-state index contributed by atoms with van der Waals surface area (Å²) in [7, 11) is 3.03. The van der Waals surface area contributed by atoms with Crippen molar-refractivity contribution in [3.63, 3.8) is 0 Å². The van der Waals surface area contributed by atoms with Gasteiger partial charge < -0.3 is 24.6 Å². The van der Waals surface area contributed by atoms with Crippen LogP contribution in [0.25, 0.3) is 22.4 Å². The summed E-state index contributed by atoms with van der Waals surface area (Å²) in [5.41, 5.74) is 1.48. The molecule has 39 heavy (non-hydrogen) atoms. The van der Waals surface area contributed by atoms with Crippen molar-refractivity contribution < 1.29 is 28.1 Å². The van der Waals surface area contributed by atoms with Crippen LogP contribution in [-0.4, -0.2) is 57.3 Å². The van der Waals surface area contributed by atoms with Crippen LogP contribution in [0.4, 0.5) is 20.3 Å². The van der Waals surface area contributed by atoms with Crippen molar-refractivity contribution in [3.05, 3.63) is 78.3 Å². The highest BCUT2D eigenvalue weighted by Gasteiger charge is 2.20. The number of fused-ring (bicyclic) bond motifs is 1. The van der Waals surface area contributed by atoms with Crippen LogP contribution in [0, 0.1) is 11.6 Å². The Labute approximate surface area is 221 Å². The summed E-state index contributed by atoms with van der Waals surface area (Å²) in [6.45, 7) is -0.528. The molecular formula is C27H24F2N6O4. The zero-order chi connectivity index (χ0) is 27.4. The molecule has 0 radical (unpaired) electrons. The number of pyridine rings is 1. The topological polar surface area (TPSA) is 116 Å². The van der Waals surface area contributed by atoms with Gasteiger partial charge in [-0.15, -0.1) is 0 Å². The predicted octanol–water partition coefficient (Wildman–Crippen LogP) is 4.35. The number of ether oxygens (including phenoxy) is 3. The van der Waals surface area contributed by atoms with Crippen LogP contribution in [-0.2, 0) is 6.54 Å². The van der Waals surface area contributed by atoms with E-state index >= 15 is 0 Å². The Bertz CT molecular complexity index is 1600. The molecule has 12 heteroatoms. The van der Waals surface area contributed by atoms with Crippen LogP contribution >= 0.6 is 0 Å². The molecule has 0 bridgehead atoms. The largest absolute Gasteiger partial charge is 0.493 e. The van der Waals surface area contributed by atoms with Gasteiger partial charge in [-0.3, -0.25) is 9.67 Å². The number of aliphatic hydroxyl groups is 1. The second-order valence-corrected chi connectivity index (χ2v) is 8.27. The lowest BCUT2D eigenvalue weighted by Crippen LogP contribution is -2.08. The minimum atomic E-state index is -0.789. The Morgan fingerprint density at radius 3 is 2.51 bits per heavy atom. The van der Waals surface area contributed by atoms with E-state index in [9.17, 15) is 8.78 Å². The molecular weight excluding hydrogens is 510 g/mol. The van der Waals surface area contributed by atoms with Crippen molar-refractivity contribution in [3.8, 4) is 28.8 Å². The molecule has 0 atom stereocenters. The van der Waals surface area contributed by atoms with Crippen molar-refractivity contribution in [2.45, 2.75) is 6.54 Å². The summed E-state index contributed by atoms with van der Waals surface area (Å²) >= 11 is 0. The molecule has 3 heterocycles. The predicted molar refractivity (Wildman–Crippen MR) is 139 cm³/mol. The summed E-state index contributed by atoms with van der Waals surface area (Å²) in [5.74, 6) is -0.0622. The highest BCUT2D eigenvalue weighted by molar-refractivity contribution is 5.92. The van der Waals surface area contributed by atoms with Crippen LogP contribution in [0.1, 0.15) is 5.56 Å². The monoisotopic (exact) mass is 534 g/mol. The average molecular weight is 535 g/mol. The van der Waals surface area contributed by atoms with Gasteiger partial charge >= 0.3 is 0 Å². The Kier molecular flexibility index (Phi) is 7.46. The minimum absolute atomic E-state index is 0.00805. The van der Waals surface area contributed by atoms with Gasteiger partial charge in [0.1, 0.15) is 29.7 Å². The quantitative estimate of drug-likeness (QED) is 0.270. The van der Waals surface area contributed by atoms with Crippen molar-refractivity contribution >= 4 is 22.4 Å². The number of hydrogen-bond donors (Lipinski definition) is 2. The first-order valence-corrected chi connectivity index (χ1v) is 11.9. The molecule has 3 aromatic heterocycles. The molecule has 0 saturated heterocycles. The first-order chi connectivity index (χ1) is 19.0. The van der Waals surface area contributed by atoms with E-state index in [2.05, 4.69) is 25.4 Å². The Hall–Kier alpha value is -4.84. The summed E-state index contributed by atoms with van der Waals surface area (Å²) in [5, 5.41) is 17.4. The van der Waals surface area contributed by atoms with E-state index in [0.29, 0.717) is 39.6 Å². The van der Waals surface area contributed by atoms with E-state index in [-0.39, 0.29) is 36.9 Å². The van der Waals surface area contributed by atoms with Gasteiger partial charge in [0.15, 0.2) is 23.1 Å². The molecule has 5 aromatic rings. The van der Waals surface area contributed by atoms with E-state index in [1.807, 2.05) is 12.1 Å². The maximum atomic E-state index is 14.9. The molecule has 0 amide bonds. The maximum absolute atomic E-state index is 14.9. The standard InChI is InChI=1S/C27H24F2N6O4/c1-37-23-13-30-8-7-21(23)32-26-24(38-2)14-31-27(33-26)25-17-5-3-4-6-22(17)35(34-25)15-18-19(28)11-16(12-20(18)29)39-10-9-36/h3-8,11-14,36H,9-10,15H2,1-2H3,(H,30,31,32,33). The third-order valence-corrected chi connectivity index (χ3v) is 5.88.